The molecular weight excluding hydrogens is 391 g/mol. The molecule has 2 atom stereocenters. The monoisotopic (exact) mass is 408 g/mol. The van der Waals surface area contributed by atoms with E-state index in [1.54, 1.807) is 19.2 Å². The van der Waals surface area contributed by atoms with Crippen LogP contribution in [0.2, 0.25) is 5.02 Å². The van der Waals surface area contributed by atoms with Crippen LogP contribution in [0.25, 0.3) is 0 Å². The zero-order valence-corrected chi connectivity index (χ0v) is 16.4. The normalized spacial score (nSPS) is 19.8. The van der Waals surface area contributed by atoms with Crippen molar-refractivity contribution in [1.82, 2.24) is 5.01 Å². The lowest BCUT2D eigenvalue weighted by atomic mass is 9.96. The number of methoxy groups -OCH3 is 1. The van der Waals surface area contributed by atoms with Gasteiger partial charge in [0.15, 0.2) is 0 Å². The Morgan fingerprint density at radius 2 is 1.83 bits per heavy atom. The zero-order valence-electron chi connectivity index (χ0n) is 15.7. The molecule has 2 aliphatic rings. The molecule has 0 spiro atoms. The molecule has 0 saturated heterocycles. The van der Waals surface area contributed by atoms with Gasteiger partial charge in [0, 0.05) is 22.6 Å². The fraction of sp³-hybridized carbons (Fsp3) is 0.174. The molecule has 5 rings (SSSR count). The summed E-state index contributed by atoms with van der Waals surface area (Å²) in [5.74, 6) is 1.32. The average molecular weight is 409 g/mol. The molecule has 0 fully saturated rings. The molecule has 29 heavy (non-hydrogen) atoms. The van der Waals surface area contributed by atoms with Crippen molar-refractivity contribution in [3.63, 3.8) is 0 Å². The second-order valence-electron chi connectivity index (χ2n) is 7.08. The topological polar surface area (TPSA) is 34.1 Å². The minimum absolute atomic E-state index is 0.00963. The maximum atomic E-state index is 13.4. The predicted octanol–water partition coefficient (Wildman–Crippen LogP) is 5.73. The third kappa shape index (κ3) is 3.21. The molecule has 4 nitrogen and oxygen atoms in total. The number of fused-ring (bicyclic) bond motifs is 3. The summed E-state index contributed by atoms with van der Waals surface area (Å²) >= 11 is 6.26. The summed E-state index contributed by atoms with van der Waals surface area (Å²) < 4.78 is 25.0. The maximum absolute atomic E-state index is 13.4. The Kier molecular flexibility index (Phi) is 4.40. The number of benzene rings is 3. The number of nitrogens with zero attached hydrogens (tertiary/aromatic N) is 2. The van der Waals surface area contributed by atoms with E-state index in [4.69, 9.17) is 26.2 Å². The fourth-order valence-electron chi connectivity index (χ4n) is 3.86. The molecule has 0 amide bonds. The predicted molar refractivity (Wildman–Crippen MR) is 110 cm³/mol. The summed E-state index contributed by atoms with van der Waals surface area (Å²) in [5, 5.41) is 7.50. The number of rotatable bonds is 3. The van der Waals surface area contributed by atoms with E-state index < -0.39 is 0 Å². The van der Waals surface area contributed by atoms with Crippen molar-refractivity contribution in [2.75, 3.05) is 7.11 Å². The van der Waals surface area contributed by atoms with Crippen LogP contribution in [0.15, 0.2) is 71.8 Å². The molecule has 3 aromatic rings. The molecule has 0 saturated carbocycles. The lowest BCUT2D eigenvalue weighted by Crippen LogP contribution is -2.33. The molecule has 0 aliphatic carbocycles. The molecule has 6 heteroatoms. The van der Waals surface area contributed by atoms with Crippen LogP contribution in [0.3, 0.4) is 0 Å². The van der Waals surface area contributed by atoms with E-state index >= 15 is 0 Å². The first-order valence-corrected chi connectivity index (χ1v) is 9.72. The third-order valence-corrected chi connectivity index (χ3v) is 5.57. The van der Waals surface area contributed by atoms with E-state index in [2.05, 4.69) is 0 Å². The Morgan fingerprint density at radius 3 is 2.55 bits per heavy atom. The van der Waals surface area contributed by atoms with E-state index in [1.807, 2.05) is 47.5 Å². The SMILES string of the molecule is COc1ccc([C@H]2Oc3ccc(Cl)cc3[C@H]3CC(c4ccc(F)cc4)=NN32)cc1. The van der Waals surface area contributed by atoms with Gasteiger partial charge >= 0.3 is 0 Å². The number of halogens is 2. The van der Waals surface area contributed by atoms with Crippen molar-refractivity contribution >= 4 is 17.3 Å². The van der Waals surface area contributed by atoms with Crippen molar-refractivity contribution in [3.05, 3.63) is 94.3 Å². The smallest absolute Gasteiger partial charge is 0.213 e. The molecule has 2 aliphatic heterocycles. The Balaban J connectivity index is 1.58. The fourth-order valence-corrected chi connectivity index (χ4v) is 4.04. The summed E-state index contributed by atoms with van der Waals surface area (Å²) in [6.45, 7) is 0. The first-order valence-electron chi connectivity index (χ1n) is 9.34. The Bertz CT molecular complexity index is 1080. The molecule has 0 bridgehead atoms. The van der Waals surface area contributed by atoms with E-state index in [0.717, 1.165) is 33.9 Å². The highest BCUT2D eigenvalue weighted by Crippen LogP contribution is 2.48. The number of hydrogen-bond donors (Lipinski definition) is 0. The number of ether oxygens (including phenoxy) is 2. The minimum atomic E-state index is -0.377. The summed E-state index contributed by atoms with van der Waals surface area (Å²) in [6, 6.07) is 19.9. The minimum Gasteiger partial charge on any atom is -0.497 e. The molecule has 2 heterocycles. The largest absolute Gasteiger partial charge is 0.497 e. The van der Waals surface area contributed by atoms with Crippen molar-refractivity contribution in [1.29, 1.82) is 0 Å². The van der Waals surface area contributed by atoms with Crippen LogP contribution >= 0.6 is 11.6 Å². The first-order chi connectivity index (χ1) is 14.1. The van der Waals surface area contributed by atoms with E-state index in [0.29, 0.717) is 11.4 Å². The van der Waals surface area contributed by atoms with Crippen LogP contribution in [0.5, 0.6) is 11.5 Å². The van der Waals surface area contributed by atoms with Gasteiger partial charge in [-0.15, -0.1) is 0 Å². The van der Waals surface area contributed by atoms with Gasteiger partial charge in [0.05, 0.1) is 18.9 Å². The van der Waals surface area contributed by atoms with Gasteiger partial charge in [-0.05, 0) is 60.2 Å². The highest BCUT2D eigenvalue weighted by molar-refractivity contribution is 6.30. The van der Waals surface area contributed by atoms with Gasteiger partial charge in [-0.25, -0.2) is 9.40 Å². The second-order valence-corrected chi connectivity index (χ2v) is 7.52. The molecule has 0 N–H and O–H groups in total. The lowest BCUT2D eigenvalue weighted by molar-refractivity contribution is -0.0190. The first kappa shape index (κ1) is 18.0. The van der Waals surface area contributed by atoms with Gasteiger partial charge < -0.3 is 9.47 Å². The average Bonchev–Trinajstić information content (AvgIpc) is 3.20. The van der Waals surface area contributed by atoms with Crippen LogP contribution in [-0.4, -0.2) is 17.8 Å². The second kappa shape index (κ2) is 7.08. The summed E-state index contributed by atoms with van der Waals surface area (Å²) in [7, 11) is 1.64. The van der Waals surface area contributed by atoms with Gasteiger partial charge in [0.1, 0.15) is 17.3 Å². The van der Waals surface area contributed by atoms with E-state index in [-0.39, 0.29) is 18.1 Å². The van der Waals surface area contributed by atoms with Gasteiger partial charge in [0.2, 0.25) is 6.23 Å². The third-order valence-electron chi connectivity index (χ3n) is 5.33. The van der Waals surface area contributed by atoms with E-state index in [9.17, 15) is 4.39 Å². The molecule has 0 unspecified atom stereocenters. The standard InChI is InChI=1S/C23H18ClFN2O2/c1-28-18-9-4-15(5-10-18)23-27-21(19-12-16(24)6-11-22(19)29-23)13-20(26-27)14-2-7-17(25)8-3-14/h2-12,21,23H,13H2,1H3/t21-,23-/m1/s1. The lowest BCUT2D eigenvalue weighted by Gasteiger charge is -2.38. The Hall–Kier alpha value is -3.05. The summed E-state index contributed by atoms with van der Waals surface area (Å²) in [5.41, 5.74) is 3.77. The van der Waals surface area contributed by atoms with Gasteiger partial charge in [-0.1, -0.05) is 23.7 Å². The zero-order chi connectivity index (χ0) is 20.0. The van der Waals surface area contributed by atoms with Crippen LogP contribution in [0.4, 0.5) is 4.39 Å². The van der Waals surface area contributed by atoms with Crippen molar-refractivity contribution < 1.29 is 13.9 Å². The maximum Gasteiger partial charge on any atom is 0.213 e. The summed E-state index contributed by atoms with van der Waals surface area (Å²) in [4.78, 5) is 0. The molecule has 146 valence electrons. The van der Waals surface area contributed by atoms with Crippen molar-refractivity contribution in [3.8, 4) is 11.5 Å². The number of hydrazone groups is 1. The van der Waals surface area contributed by atoms with Crippen LogP contribution in [0.1, 0.15) is 35.4 Å². The van der Waals surface area contributed by atoms with Crippen LogP contribution in [0, 0.1) is 5.82 Å². The van der Waals surface area contributed by atoms with Crippen molar-refractivity contribution in [2.24, 2.45) is 5.10 Å². The van der Waals surface area contributed by atoms with Crippen LogP contribution in [-0.2, 0) is 0 Å². The summed E-state index contributed by atoms with van der Waals surface area (Å²) in [6.07, 6.45) is 0.312. The van der Waals surface area contributed by atoms with Crippen LogP contribution < -0.4 is 9.47 Å². The molecular formula is C23H18ClFN2O2. The molecule has 3 aromatic carbocycles. The Morgan fingerprint density at radius 1 is 1.07 bits per heavy atom. The van der Waals surface area contributed by atoms with Gasteiger partial charge in [-0.2, -0.15) is 5.10 Å². The highest BCUT2D eigenvalue weighted by atomic mass is 35.5. The number of hydrogen-bond acceptors (Lipinski definition) is 4. The van der Waals surface area contributed by atoms with Gasteiger partial charge in [0.25, 0.3) is 0 Å². The van der Waals surface area contributed by atoms with Gasteiger partial charge in [-0.3, -0.25) is 0 Å². The quantitative estimate of drug-likeness (QED) is 0.555. The highest BCUT2D eigenvalue weighted by Gasteiger charge is 2.41. The molecule has 0 aromatic heterocycles. The molecule has 0 radical (unpaired) electrons. The van der Waals surface area contributed by atoms with E-state index in [1.165, 1.54) is 12.1 Å². The Labute approximate surface area is 173 Å². The van der Waals surface area contributed by atoms with Crippen molar-refractivity contribution in [2.45, 2.75) is 18.7 Å².